The topological polar surface area (TPSA) is 49.8 Å². The van der Waals surface area contributed by atoms with Crippen molar-refractivity contribution in [1.82, 2.24) is 4.90 Å². The Morgan fingerprint density at radius 2 is 2.19 bits per heavy atom. The molecule has 16 heavy (non-hydrogen) atoms. The molecular weight excluding hydrogens is 222 g/mol. The van der Waals surface area contributed by atoms with Crippen LogP contribution in [-0.4, -0.2) is 51.1 Å². The Bertz CT molecular complexity index is 252. The quantitative estimate of drug-likeness (QED) is 0.716. The van der Waals surface area contributed by atoms with E-state index in [9.17, 15) is 9.90 Å². The maximum absolute atomic E-state index is 11.9. The molecule has 4 nitrogen and oxygen atoms in total. The number of carbonyl (C=O) groups is 1. The van der Waals surface area contributed by atoms with Crippen molar-refractivity contribution in [3.8, 4) is 0 Å². The van der Waals surface area contributed by atoms with Crippen molar-refractivity contribution in [3.05, 3.63) is 0 Å². The van der Waals surface area contributed by atoms with Crippen LogP contribution in [0.15, 0.2) is 0 Å². The highest BCUT2D eigenvalue weighted by atomic mass is 28.1. The van der Waals surface area contributed by atoms with Gasteiger partial charge in [-0.2, -0.15) is 0 Å². The van der Waals surface area contributed by atoms with Gasteiger partial charge >= 0.3 is 6.09 Å². The van der Waals surface area contributed by atoms with Crippen molar-refractivity contribution in [3.63, 3.8) is 0 Å². The van der Waals surface area contributed by atoms with Gasteiger partial charge in [-0.05, 0) is 33.1 Å². The zero-order valence-electron chi connectivity index (χ0n) is 10.7. The van der Waals surface area contributed by atoms with Crippen molar-refractivity contribution in [2.24, 2.45) is 5.92 Å². The molecule has 0 spiro atoms. The van der Waals surface area contributed by atoms with E-state index in [-0.39, 0.29) is 18.7 Å². The van der Waals surface area contributed by atoms with Gasteiger partial charge < -0.3 is 14.7 Å². The molecule has 1 aliphatic rings. The van der Waals surface area contributed by atoms with Crippen molar-refractivity contribution >= 4 is 16.3 Å². The Labute approximate surface area is 100 Å². The number of nitrogens with zero attached hydrogens (tertiary/aromatic N) is 1. The summed E-state index contributed by atoms with van der Waals surface area (Å²) in [6.45, 7) is 6.36. The molecular formula is C11H23NO3Si. The third-order valence-corrected chi connectivity index (χ3v) is 4.07. The van der Waals surface area contributed by atoms with Gasteiger partial charge in [-0.1, -0.05) is 6.04 Å². The van der Waals surface area contributed by atoms with E-state index in [4.69, 9.17) is 4.74 Å². The van der Waals surface area contributed by atoms with Crippen LogP contribution in [0.2, 0.25) is 6.04 Å². The van der Waals surface area contributed by atoms with E-state index >= 15 is 0 Å². The number of carbonyl (C=O) groups excluding carboxylic acids is 1. The average Bonchev–Trinajstić information content (AvgIpc) is 2.58. The fraction of sp³-hybridized carbons (Fsp3) is 0.909. The maximum atomic E-state index is 11.9. The first kappa shape index (κ1) is 13.5. The zero-order chi connectivity index (χ0) is 12.3. The molecule has 1 amide bonds. The standard InChI is InChI=1S/C11H23NO3Si/c1-11(2,3)15-10(14)12-5-8(7-16)4-9(12)6-13/h8-9,13H,4-7H2,1-3,16H3/t8-,9-/m0/s1. The van der Waals surface area contributed by atoms with Crippen molar-refractivity contribution in [2.75, 3.05) is 13.2 Å². The van der Waals surface area contributed by atoms with Gasteiger partial charge in [-0.15, -0.1) is 0 Å². The van der Waals surface area contributed by atoms with Crippen LogP contribution < -0.4 is 0 Å². The second-order valence-electron chi connectivity index (χ2n) is 5.48. The summed E-state index contributed by atoms with van der Waals surface area (Å²) in [5, 5.41) is 9.26. The smallest absolute Gasteiger partial charge is 0.410 e. The summed E-state index contributed by atoms with van der Waals surface area (Å²) in [5.41, 5.74) is -0.462. The normalized spacial score (nSPS) is 26.1. The number of aliphatic hydroxyl groups is 1. The molecule has 1 aliphatic heterocycles. The number of aliphatic hydroxyl groups excluding tert-OH is 1. The SMILES string of the molecule is CC(C)(C)OC(=O)N1C[C@@H](C[SiH3])C[C@H]1CO. The number of hydrogen-bond donors (Lipinski definition) is 1. The minimum Gasteiger partial charge on any atom is -0.444 e. The molecule has 0 aromatic carbocycles. The van der Waals surface area contributed by atoms with Crippen LogP contribution >= 0.6 is 0 Å². The predicted molar refractivity (Wildman–Crippen MR) is 66.7 cm³/mol. The van der Waals surface area contributed by atoms with Crippen LogP contribution in [0.4, 0.5) is 4.79 Å². The summed E-state index contributed by atoms with van der Waals surface area (Å²) in [6.07, 6.45) is 0.628. The maximum Gasteiger partial charge on any atom is 0.410 e. The lowest BCUT2D eigenvalue weighted by atomic mass is 10.1. The van der Waals surface area contributed by atoms with Crippen molar-refractivity contribution < 1.29 is 14.6 Å². The Morgan fingerprint density at radius 1 is 1.56 bits per heavy atom. The van der Waals surface area contributed by atoms with E-state index in [2.05, 4.69) is 0 Å². The van der Waals surface area contributed by atoms with Crippen molar-refractivity contribution in [1.29, 1.82) is 0 Å². The average molecular weight is 245 g/mol. The molecule has 5 heteroatoms. The first-order valence-corrected chi connectivity index (χ1v) is 7.39. The number of hydrogen-bond acceptors (Lipinski definition) is 3. The molecule has 94 valence electrons. The fourth-order valence-corrected chi connectivity index (χ4v) is 2.62. The van der Waals surface area contributed by atoms with Gasteiger partial charge in [0.25, 0.3) is 0 Å². The summed E-state index contributed by atoms with van der Waals surface area (Å²) >= 11 is 0. The summed E-state index contributed by atoms with van der Waals surface area (Å²) in [5.74, 6) is 0.552. The van der Waals surface area contributed by atoms with Crippen LogP contribution in [0, 0.1) is 5.92 Å². The number of ether oxygens (including phenoxy) is 1. The summed E-state index contributed by atoms with van der Waals surface area (Å²) in [6, 6.07) is 1.13. The third-order valence-electron chi connectivity index (χ3n) is 2.92. The van der Waals surface area contributed by atoms with Crippen LogP contribution in [0.5, 0.6) is 0 Å². The summed E-state index contributed by atoms with van der Waals surface area (Å²) in [7, 11) is 1.14. The molecule has 0 saturated carbocycles. The highest BCUT2D eigenvalue weighted by Crippen LogP contribution is 2.26. The minimum absolute atomic E-state index is 0.0390. The fourth-order valence-electron chi connectivity index (χ4n) is 2.03. The molecule has 2 atom stereocenters. The molecule has 0 bridgehead atoms. The van der Waals surface area contributed by atoms with Gasteiger partial charge in [0.1, 0.15) is 5.60 Å². The molecule has 0 aromatic rings. The van der Waals surface area contributed by atoms with E-state index in [1.165, 1.54) is 6.04 Å². The lowest BCUT2D eigenvalue weighted by Gasteiger charge is -2.27. The molecule has 1 rings (SSSR count). The molecule has 1 fully saturated rings. The lowest BCUT2D eigenvalue weighted by molar-refractivity contribution is 0.0173. The minimum atomic E-state index is -0.462. The van der Waals surface area contributed by atoms with E-state index in [0.717, 1.165) is 23.2 Å². The highest BCUT2D eigenvalue weighted by Gasteiger charge is 2.36. The van der Waals surface area contributed by atoms with Crippen LogP contribution in [-0.2, 0) is 4.74 Å². The van der Waals surface area contributed by atoms with Gasteiger partial charge in [0.15, 0.2) is 0 Å². The molecule has 0 unspecified atom stereocenters. The van der Waals surface area contributed by atoms with E-state index in [0.29, 0.717) is 5.92 Å². The first-order chi connectivity index (χ1) is 7.37. The Hall–Kier alpha value is -0.553. The van der Waals surface area contributed by atoms with Crippen molar-refractivity contribution in [2.45, 2.75) is 44.9 Å². The largest absolute Gasteiger partial charge is 0.444 e. The molecule has 1 heterocycles. The van der Waals surface area contributed by atoms with E-state index < -0.39 is 5.60 Å². The van der Waals surface area contributed by atoms with Gasteiger partial charge in [-0.25, -0.2) is 4.79 Å². The second kappa shape index (κ2) is 5.18. The molecule has 1 saturated heterocycles. The van der Waals surface area contributed by atoms with Crippen LogP contribution in [0.3, 0.4) is 0 Å². The predicted octanol–water partition coefficient (Wildman–Crippen LogP) is 0.388. The van der Waals surface area contributed by atoms with Crippen LogP contribution in [0.1, 0.15) is 27.2 Å². The third kappa shape index (κ3) is 3.49. The number of amides is 1. The van der Waals surface area contributed by atoms with E-state index in [1.54, 1.807) is 4.90 Å². The first-order valence-electron chi connectivity index (χ1n) is 5.97. The zero-order valence-corrected chi connectivity index (χ0v) is 12.7. The Kier molecular flexibility index (Phi) is 4.38. The van der Waals surface area contributed by atoms with Gasteiger partial charge in [0.05, 0.1) is 12.6 Å². The molecule has 1 N–H and O–H groups in total. The van der Waals surface area contributed by atoms with Gasteiger partial charge in [-0.3, -0.25) is 0 Å². The van der Waals surface area contributed by atoms with Gasteiger partial charge in [0, 0.05) is 16.8 Å². The number of rotatable bonds is 2. The molecule has 0 radical (unpaired) electrons. The lowest BCUT2D eigenvalue weighted by Crippen LogP contribution is -2.41. The Morgan fingerprint density at radius 3 is 2.62 bits per heavy atom. The Balaban J connectivity index is 2.61. The second-order valence-corrected chi connectivity index (χ2v) is 6.30. The van der Waals surface area contributed by atoms with Gasteiger partial charge in [0.2, 0.25) is 0 Å². The van der Waals surface area contributed by atoms with E-state index in [1.807, 2.05) is 20.8 Å². The van der Waals surface area contributed by atoms with Crippen LogP contribution in [0.25, 0.3) is 0 Å². The molecule has 0 aromatic heterocycles. The molecule has 0 aliphatic carbocycles. The highest BCUT2D eigenvalue weighted by molar-refractivity contribution is 6.08. The summed E-state index contributed by atoms with van der Waals surface area (Å²) in [4.78, 5) is 13.6. The number of likely N-dealkylation sites (tertiary alicyclic amines) is 1. The monoisotopic (exact) mass is 245 g/mol. The summed E-state index contributed by atoms with van der Waals surface area (Å²) < 4.78 is 5.33.